The van der Waals surface area contributed by atoms with E-state index >= 15 is 0 Å². The maximum atomic E-state index is 10.5. The zero-order chi connectivity index (χ0) is 29.4. The number of aliphatic hydroxyl groups is 3. The normalized spacial score (nSPS) is 17.0. The average molecular weight is 555 g/mol. The van der Waals surface area contributed by atoms with Gasteiger partial charge in [-0.1, -0.05) is 26.5 Å². The summed E-state index contributed by atoms with van der Waals surface area (Å²) in [6.07, 6.45) is 4.56. The molecular formula is C34H42N4O3. The predicted octanol–water partition coefficient (Wildman–Crippen LogP) is 6.25. The number of rotatable bonds is 8. The molecule has 0 amide bonds. The third kappa shape index (κ3) is 4.96. The van der Waals surface area contributed by atoms with Crippen molar-refractivity contribution >= 4 is 39.3 Å². The SMILES string of the molecule is C=Cc1c(C)c2cc3nc(c(CCO)c4nc(cc5[nH]c(cc1[nH]2)c(C)c5CC)C(C)=C4CO)[C@@H](CCCO)[C@@H]3C. The average Bonchev–Trinajstić information content (AvgIpc) is 3.63. The number of hydrogen-bond acceptors (Lipinski definition) is 5. The Morgan fingerprint density at radius 1 is 0.902 bits per heavy atom. The van der Waals surface area contributed by atoms with E-state index in [4.69, 9.17) is 9.97 Å². The second-order valence-electron chi connectivity index (χ2n) is 11.3. The minimum Gasteiger partial charge on any atom is -0.396 e. The maximum absolute atomic E-state index is 10.5. The molecule has 0 aliphatic carbocycles. The lowest BCUT2D eigenvalue weighted by atomic mass is 9.84. The van der Waals surface area contributed by atoms with E-state index in [1.54, 1.807) is 0 Å². The van der Waals surface area contributed by atoms with Gasteiger partial charge in [-0.25, -0.2) is 4.98 Å². The summed E-state index contributed by atoms with van der Waals surface area (Å²) in [5.41, 5.74) is 14.5. The van der Waals surface area contributed by atoms with Crippen LogP contribution in [-0.2, 0) is 12.8 Å². The lowest BCUT2D eigenvalue weighted by Crippen LogP contribution is -2.09. The van der Waals surface area contributed by atoms with Crippen molar-refractivity contribution < 1.29 is 15.3 Å². The first-order valence-corrected chi connectivity index (χ1v) is 14.7. The van der Waals surface area contributed by atoms with Crippen molar-refractivity contribution in [1.82, 2.24) is 19.9 Å². The molecule has 0 unspecified atom stereocenters. The van der Waals surface area contributed by atoms with Gasteiger partial charge in [-0.15, -0.1) is 0 Å². The fraction of sp³-hybridized carbons (Fsp3) is 0.412. The molecule has 0 aromatic carbocycles. The smallest absolute Gasteiger partial charge is 0.0746 e. The topological polar surface area (TPSA) is 118 Å². The highest BCUT2D eigenvalue weighted by Gasteiger charge is 2.32. The highest BCUT2D eigenvalue weighted by molar-refractivity contribution is 5.93. The number of fused-ring (bicyclic) bond motifs is 8. The van der Waals surface area contributed by atoms with Crippen LogP contribution >= 0.6 is 0 Å². The molecule has 2 aliphatic heterocycles. The number of nitrogens with one attached hydrogen (secondary N) is 2. The highest BCUT2D eigenvalue weighted by atomic mass is 16.3. The van der Waals surface area contributed by atoms with Gasteiger partial charge in [0.15, 0.2) is 0 Å². The van der Waals surface area contributed by atoms with E-state index in [1.165, 1.54) is 11.1 Å². The Labute approximate surface area is 241 Å². The van der Waals surface area contributed by atoms with Crippen molar-refractivity contribution in [2.75, 3.05) is 19.8 Å². The van der Waals surface area contributed by atoms with Gasteiger partial charge in [0.1, 0.15) is 0 Å². The van der Waals surface area contributed by atoms with Crippen LogP contribution in [0, 0.1) is 13.8 Å². The summed E-state index contributed by atoms with van der Waals surface area (Å²) >= 11 is 0. The second kappa shape index (κ2) is 11.8. The van der Waals surface area contributed by atoms with Crippen LogP contribution in [-0.4, -0.2) is 55.1 Å². The molecule has 5 N–H and O–H groups in total. The monoisotopic (exact) mass is 554 g/mol. The van der Waals surface area contributed by atoms with Crippen molar-refractivity contribution in [3.05, 3.63) is 75.4 Å². The molecule has 216 valence electrons. The number of aryl methyl sites for hydroxylation is 3. The Morgan fingerprint density at radius 3 is 2.29 bits per heavy atom. The Morgan fingerprint density at radius 2 is 1.63 bits per heavy atom. The van der Waals surface area contributed by atoms with E-state index in [0.717, 1.165) is 79.8 Å². The van der Waals surface area contributed by atoms with E-state index in [0.29, 0.717) is 18.5 Å². The van der Waals surface area contributed by atoms with Crippen LogP contribution < -0.4 is 0 Å². The van der Waals surface area contributed by atoms with E-state index in [1.807, 2.05) is 13.0 Å². The predicted molar refractivity (Wildman–Crippen MR) is 168 cm³/mol. The van der Waals surface area contributed by atoms with Crippen molar-refractivity contribution in [3.8, 4) is 0 Å². The number of aromatic nitrogens is 4. The van der Waals surface area contributed by atoms with Crippen LogP contribution in [0.15, 0.2) is 24.8 Å². The minimum atomic E-state index is -0.151. The van der Waals surface area contributed by atoms with Gasteiger partial charge < -0.3 is 25.3 Å². The molecule has 0 saturated heterocycles. The van der Waals surface area contributed by atoms with Crippen LogP contribution in [0.3, 0.4) is 0 Å². The maximum Gasteiger partial charge on any atom is 0.0746 e. The molecule has 2 atom stereocenters. The summed E-state index contributed by atoms with van der Waals surface area (Å²) in [5.74, 6) is 0.157. The van der Waals surface area contributed by atoms with Crippen LogP contribution in [0.25, 0.3) is 39.3 Å². The fourth-order valence-electron chi connectivity index (χ4n) is 6.59. The van der Waals surface area contributed by atoms with Gasteiger partial charge >= 0.3 is 0 Å². The van der Waals surface area contributed by atoms with Crippen LogP contribution in [0.2, 0.25) is 0 Å². The molecule has 8 bridgehead atoms. The van der Waals surface area contributed by atoms with Crippen molar-refractivity contribution in [1.29, 1.82) is 0 Å². The second-order valence-corrected chi connectivity index (χ2v) is 11.3. The van der Waals surface area contributed by atoms with Gasteiger partial charge in [-0.3, -0.25) is 4.98 Å². The van der Waals surface area contributed by atoms with Gasteiger partial charge in [0, 0.05) is 75.2 Å². The molecule has 2 aliphatic rings. The largest absolute Gasteiger partial charge is 0.396 e. The molecule has 7 nitrogen and oxygen atoms in total. The van der Waals surface area contributed by atoms with E-state index in [9.17, 15) is 15.3 Å². The molecule has 3 aromatic heterocycles. The van der Waals surface area contributed by atoms with Crippen molar-refractivity contribution in [3.63, 3.8) is 0 Å². The van der Waals surface area contributed by atoms with Crippen LogP contribution in [0.4, 0.5) is 0 Å². The van der Waals surface area contributed by atoms with Gasteiger partial charge in [-0.05, 0) is 86.9 Å². The number of aromatic amines is 2. The van der Waals surface area contributed by atoms with Crippen molar-refractivity contribution in [2.24, 2.45) is 0 Å². The lowest BCUT2D eigenvalue weighted by molar-refractivity contribution is 0.276. The molecular weight excluding hydrogens is 512 g/mol. The third-order valence-corrected chi connectivity index (χ3v) is 9.05. The minimum absolute atomic E-state index is 0.0544. The molecule has 0 fully saturated rings. The standard InChI is InChI=1S/C34H42N4O3/c1-7-22-18(3)27-14-29-20(5)24(10-9-12-39)33(37-29)25(11-13-40)34-26(17-41)21(6)30(38-34)16-32-23(8-2)19(4)28(36-32)15-31(22)35-27/h7,14-16,20,24,35-36,39-41H,1,8-13,17H2,2-6H3/t20-,24-/m0/s1. The summed E-state index contributed by atoms with van der Waals surface area (Å²) in [6, 6.07) is 6.37. The molecule has 0 spiro atoms. The molecule has 41 heavy (non-hydrogen) atoms. The Hall–Kier alpha value is -3.52. The molecule has 3 aromatic rings. The Balaban J connectivity index is 2.00. The van der Waals surface area contributed by atoms with Crippen LogP contribution in [0.1, 0.15) is 96.0 Å². The van der Waals surface area contributed by atoms with E-state index in [-0.39, 0.29) is 31.7 Å². The number of hydrogen-bond donors (Lipinski definition) is 5. The third-order valence-electron chi connectivity index (χ3n) is 9.05. The summed E-state index contributed by atoms with van der Waals surface area (Å²) in [5, 5.41) is 30.4. The number of allylic oxidation sites excluding steroid dienone is 1. The fourth-order valence-corrected chi connectivity index (χ4v) is 6.59. The Kier molecular flexibility index (Phi) is 8.32. The molecule has 0 radical (unpaired) electrons. The number of H-pyrrole nitrogens is 2. The Bertz CT molecular complexity index is 1690. The summed E-state index contributed by atoms with van der Waals surface area (Å²) < 4.78 is 0. The van der Waals surface area contributed by atoms with E-state index in [2.05, 4.69) is 62.4 Å². The highest BCUT2D eigenvalue weighted by Crippen LogP contribution is 2.43. The van der Waals surface area contributed by atoms with Gasteiger partial charge in [0.25, 0.3) is 0 Å². The van der Waals surface area contributed by atoms with Gasteiger partial charge in [0.05, 0.1) is 18.0 Å². The first-order chi connectivity index (χ1) is 19.8. The van der Waals surface area contributed by atoms with Gasteiger partial charge in [0.2, 0.25) is 0 Å². The van der Waals surface area contributed by atoms with Crippen molar-refractivity contribution in [2.45, 2.75) is 72.1 Å². The zero-order valence-electron chi connectivity index (χ0n) is 24.9. The number of aliphatic hydroxyl groups excluding tert-OH is 3. The summed E-state index contributed by atoms with van der Waals surface area (Å²) in [4.78, 5) is 17.6. The summed E-state index contributed by atoms with van der Waals surface area (Å²) in [7, 11) is 0. The first-order valence-electron chi connectivity index (χ1n) is 14.7. The molecule has 5 rings (SSSR count). The molecule has 5 heterocycles. The number of nitrogens with zero attached hydrogens (tertiary/aromatic N) is 2. The quantitative estimate of drug-likeness (QED) is 0.225. The lowest BCUT2D eigenvalue weighted by Gasteiger charge is -2.18. The van der Waals surface area contributed by atoms with Gasteiger partial charge in [-0.2, -0.15) is 0 Å². The van der Waals surface area contributed by atoms with E-state index < -0.39 is 0 Å². The van der Waals surface area contributed by atoms with Crippen LogP contribution in [0.5, 0.6) is 0 Å². The molecule has 7 heteroatoms. The summed E-state index contributed by atoms with van der Waals surface area (Å²) in [6.45, 7) is 14.6. The molecule has 0 saturated carbocycles. The zero-order valence-corrected chi connectivity index (χ0v) is 24.9. The first kappa shape index (κ1) is 29.0.